The fraction of sp³-hybridized carbons (Fsp3) is 0.941. The van der Waals surface area contributed by atoms with Crippen LogP contribution in [0.1, 0.15) is 6.42 Å². The van der Waals surface area contributed by atoms with Crippen molar-refractivity contribution in [1.29, 1.82) is 0 Å². The Kier molecular flexibility index (Phi) is 10.2. The number of rotatable bonds is 12. The Balaban J connectivity index is 5.28. The topological polar surface area (TPSA) is 49.3 Å². The van der Waals surface area contributed by atoms with Gasteiger partial charge in [0.15, 0.2) is 25.0 Å². The summed E-state index contributed by atoms with van der Waals surface area (Å²) >= 11 is 0. The van der Waals surface area contributed by atoms with E-state index in [1.807, 2.05) is 6.21 Å². The minimum Gasteiger partial charge on any atom is -0.456 e. The minimum atomic E-state index is -1.73. The van der Waals surface area contributed by atoms with Gasteiger partial charge in [0.05, 0.1) is 18.8 Å². The molecule has 0 aliphatic heterocycles. The smallest absolute Gasteiger partial charge is 0.278 e. The first-order valence-corrected chi connectivity index (χ1v) is 23.2. The molecule has 0 saturated carbocycles. The Hall–Kier alpha value is 0.218. The first-order valence-electron chi connectivity index (χ1n) is 9.58. The Morgan fingerprint density at radius 1 is 0.654 bits per heavy atom. The Morgan fingerprint density at radius 2 is 1.12 bits per heavy atom. The maximum absolute atomic E-state index is 6.48. The van der Waals surface area contributed by atoms with E-state index in [9.17, 15) is 0 Å². The second-order valence-electron chi connectivity index (χ2n) is 10.7. The number of oxime groups is 1. The van der Waals surface area contributed by atoms with E-state index in [1.54, 1.807) is 0 Å². The van der Waals surface area contributed by atoms with Crippen molar-refractivity contribution in [3.63, 3.8) is 0 Å². The molecule has 0 bridgehead atoms. The summed E-state index contributed by atoms with van der Waals surface area (Å²) in [5.41, 5.74) is 0. The van der Waals surface area contributed by atoms with Gasteiger partial charge in [-0.2, -0.15) is 0 Å². The fourth-order valence-electron chi connectivity index (χ4n) is 2.08. The van der Waals surface area contributed by atoms with E-state index in [-0.39, 0.29) is 12.2 Å². The largest absolute Gasteiger partial charge is 0.456 e. The van der Waals surface area contributed by atoms with Crippen molar-refractivity contribution in [2.75, 3.05) is 6.61 Å². The zero-order chi connectivity index (χ0) is 20.8. The molecule has 0 aromatic heterocycles. The molecule has 0 rings (SSSR count). The molecule has 0 aliphatic rings. The van der Waals surface area contributed by atoms with E-state index in [0.717, 1.165) is 0 Å². The first kappa shape index (κ1) is 26.2. The predicted molar refractivity (Wildman–Crippen MR) is 123 cm³/mol. The van der Waals surface area contributed by atoms with Gasteiger partial charge in [-0.05, 0) is 78.6 Å². The number of nitrogens with zero attached hydrogens (tertiary/aromatic N) is 1. The summed E-state index contributed by atoms with van der Waals surface area (Å²) in [7, 11) is -6.74. The predicted octanol–water partition coefficient (Wildman–Crippen LogP) is 5.51. The lowest BCUT2D eigenvalue weighted by Gasteiger charge is -2.36. The van der Waals surface area contributed by atoms with Gasteiger partial charge in [-0.15, -0.1) is 5.16 Å². The molecular weight excluding hydrogens is 395 g/mol. The van der Waals surface area contributed by atoms with Crippen LogP contribution < -0.4 is 0 Å². The van der Waals surface area contributed by atoms with Crippen molar-refractivity contribution in [2.24, 2.45) is 5.16 Å². The molecule has 0 spiro atoms. The summed E-state index contributed by atoms with van der Waals surface area (Å²) in [6.07, 6.45) is 2.40. The summed E-state index contributed by atoms with van der Waals surface area (Å²) in [6.45, 7) is 26.8. The number of hydrogen-bond acceptors (Lipinski definition) is 5. The Morgan fingerprint density at radius 3 is 1.50 bits per heavy atom. The molecule has 26 heavy (non-hydrogen) atoms. The van der Waals surface area contributed by atoms with Crippen molar-refractivity contribution in [1.82, 2.24) is 0 Å². The van der Waals surface area contributed by atoms with Gasteiger partial charge in [0, 0.05) is 12.6 Å². The molecule has 2 atom stereocenters. The van der Waals surface area contributed by atoms with Crippen molar-refractivity contribution in [3.8, 4) is 0 Å². The Labute approximate surface area is 166 Å². The third-order valence-corrected chi connectivity index (χ3v) is 6.55. The zero-order valence-corrected chi connectivity index (χ0v) is 23.2. The molecule has 0 aromatic rings. The van der Waals surface area contributed by atoms with Crippen LogP contribution in [-0.2, 0) is 17.8 Å². The normalized spacial score (nSPS) is 16.8. The van der Waals surface area contributed by atoms with Gasteiger partial charge in [0.25, 0.3) is 8.32 Å². The van der Waals surface area contributed by atoms with Gasteiger partial charge >= 0.3 is 0 Å². The van der Waals surface area contributed by atoms with Crippen LogP contribution in [0.3, 0.4) is 0 Å². The van der Waals surface area contributed by atoms with Gasteiger partial charge in [-0.3, -0.25) is 0 Å². The zero-order valence-electron chi connectivity index (χ0n) is 19.2. The molecular formula is C17H43NO4Si4. The second kappa shape index (κ2) is 10.1. The number of hydrogen-bond donors (Lipinski definition) is 0. The quantitative estimate of drug-likeness (QED) is 0.229. The SMILES string of the molecule is C[Si](C)(C)OCC(O[Si](C)(C)C)C(C/C=N/O[Si](C)(C)C)O[Si](C)(C)C. The molecule has 9 heteroatoms. The molecule has 0 aromatic carbocycles. The van der Waals surface area contributed by atoms with Gasteiger partial charge in [0.1, 0.15) is 0 Å². The van der Waals surface area contributed by atoms with Crippen LogP contribution in [0, 0.1) is 0 Å². The average molecular weight is 438 g/mol. The molecule has 0 radical (unpaired) electrons. The van der Waals surface area contributed by atoms with E-state index in [0.29, 0.717) is 13.0 Å². The van der Waals surface area contributed by atoms with Crippen LogP contribution in [0.4, 0.5) is 0 Å². The van der Waals surface area contributed by atoms with Crippen LogP contribution in [0.15, 0.2) is 5.16 Å². The molecule has 0 aliphatic carbocycles. The minimum absolute atomic E-state index is 0.0567. The fourth-order valence-corrected chi connectivity index (χ4v) is 5.42. The van der Waals surface area contributed by atoms with Gasteiger partial charge in [-0.1, -0.05) is 0 Å². The van der Waals surface area contributed by atoms with E-state index in [2.05, 4.69) is 83.7 Å². The van der Waals surface area contributed by atoms with Crippen molar-refractivity contribution in [3.05, 3.63) is 0 Å². The molecule has 5 nitrogen and oxygen atoms in total. The van der Waals surface area contributed by atoms with E-state index >= 15 is 0 Å². The van der Waals surface area contributed by atoms with E-state index in [4.69, 9.17) is 17.8 Å². The van der Waals surface area contributed by atoms with Gasteiger partial charge in [0.2, 0.25) is 0 Å². The third-order valence-electron chi connectivity index (χ3n) is 2.84. The standard InChI is InChI=1S/C17H43NO4Si4/c1-23(2,3)19-15-17(21-25(7,8)9)16(20-24(4,5)6)13-14-18-22-26(10,11)12/h14,16-17H,13,15H2,1-12H3/b18-14+. The highest BCUT2D eigenvalue weighted by Crippen LogP contribution is 2.20. The lowest BCUT2D eigenvalue weighted by Crippen LogP contribution is -2.48. The van der Waals surface area contributed by atoms with Gasteiger partial charge in [-0.25, -0.2) is 0 Å². The van der Waals surface area contributed by atoms with Crippen molar-refractivity contribution < 1.29 is 17.8 Å². The molecule has 0 N–H and O–H groups in total. The molecule has 0 heterocycles. The lowest BCUT2D eigenvalue weighted by molar-refractivity contribution is 0.0159. The highest BCUT2D eigenvalue weighted by atomic mass is 28.4. The summed E-state index contributed by atoms with van der Waals surface area (Å²) in [4.78, 5) is 0. The first-order chi connectivity index (χ1) is 11.4. The van der Waals surface area contributed by atoms with Crippen molar-refractivity contribution >= 4 is 39.5 Å². The molecule has 156 valence electrons. The molecule has 0 saturated heterocycles. The summed E-state index contributed by atoms with van der Waals surface area (Å²) in [5, 5.41) is 4.20. The summed E-state index contributed by atoms with van der Waals surface area (Å²) in [6, 6.07) is 0. The van der Waals surface area contributed by atoms with Crippen LogP contribution >= 0.6 is 0 Å². The summed E-state index contributed by atoms with van der Waals surface area (Å²) in [5.74, 6) is 0. The molecule has 0 amide bonds. The second-order valence-corrected chi connectivity index (χ2v) is 28.5. The van der Waals surface area contributed by atoms with E-state index < -0.39 is 33.3 Å². The maximum atomic E-state index is 6.48. The lowest BCUT2D eigenvalue weighted by atomic mass is 10.1. The van der Waals surface area contributed by atoms with Crippen LogP contribution in [0.25, 0.3) is 0 Å². The third kappa shape index (κ3) is 16.4. The van der Waals surface area contributed by atoms with E-state index in [1.165, 1.54) is 0 Å². The average Bonchev–Trinajstić information content (AvgIpc) is 2.33. The van der Waals surface area contributed by atoms with Crippen LogP contribution in [0.2, 0.25) is 78.6 Å². The Bertz CT molecular complexity index is 434. The highest BCUT2D eigenvalue weighted by molar-refractivity contribution is 6.71. The van der Waals surface area contributed by atoms with Crippen LogP contribution in [-0.4, -0.2) is 58.3 Å². The van der Waals surface area contributed by atoms with Crippen molar-refractivity contribution in [2.45, 2.75) is 97.2 Å². The summed E-state index contributed by atoms with van der Waals surface area (Å²) < 4.78 is 24.8. The monoisotopic (exact) mass is 437 g/mol. The maximum Gasteiger partial charge on any atom is 0.278 e. The van der Waals surface area contributed by atoms with Crippen LogP contribution in [0.5, 0.6) is 0 Å². The molecule has 2 unspecified atom stereocenters. The van der Waals surface area contributed by atoms with Gasteiger partial charge < -0.3 is 17.8 Å². The highest BCUT2D eigenvalue weighted by Gasteiger charge is 2.33. The molecule has 0 fully saturated rings.